The van der Waals surface area contributed by atoms with Crippen LogP contribution in [0.25, 0.3) is 0 Å². The number of amides is 1. The Kier molecular flexibility index (Phi) is 7.49. The number of carbonyl (C=O) groups excluding carboxylic acids is 1. The Labute approximate surface area is 182 Å². The molecule has 0 saturated carbocycles. The summed E-state index contributed by atoms with van der Waals surface area (Å²) in [6.45, 7) is 0.130. The summed E-state index contributed by atoms with van der Waals surface area (Å²) in [5.74, 6) is -0.373. The van der Waals surface area contributed by atoms with Crippen molar-refractivity contribution < 1.29 is 13.2 Å². The molecule has 0 unspecified atom stereocenters. The van der Waals surface area contributed by atoms with Crippen LogP contribution in [0.3, 0.4) is 0 Å². The molecule has 7 heteroatoms. The predicted octanol–water partition coefficient (Wildman–Crippen LogP) is 4.28. The number of nitrogens with one attached hydrogen (secondary N) is 1. The molecule has 0 aliphatic rings. The van der Waals surface area contributed by atoms with Crippen molar-refractivity contribution in [2.75, 3.05) is 17.4 Å². The maximum Gasteiger partial charge on any atom is 0.264 e. The van der Waals surface area contributed by atoms with Crippen LogP contribution in [-0.4, -0.2) is 27.4 Å². The van der Waals surface area contributed by atoms with E-state index < -0.39 is 10.0 Å². The minimum atomic E-state index is -3.93. The Morgan fingerprint density at radius 3 is 2.23 bits per heavy atom. The largest absolute Gasteiger partial charge is 0.355 e. The lowest BCUT2D eigenvalue weighted by atomic mass is 10.1. The molecule has 0 fully saturated rings. The Balaban J connectivity index is 1.70. The first-order chi connectivity index (χ1) is 14.5. The fraction of sp³-hybridized carbons (Fsp3) is 0.174. The van der Waals surface area contributed by atoms with Gasteiger partial charge in [-0.25, -0.2) is 8.42 Å². The summed E-state index contributed by atoms with van der Waals surface area (Å²) in [5, 5.41) is 3.21. The van der Waals surface area contributed by atoms with Gasteiger partial charge in [-0.15, -0.1) is 0 Å². The Hall–Kier alpha value is -2.83. The van der Waals surface area contributed by atoms with E-state index in [9.17, 15) is 13.2 Å². The van der Waals surface area contributed by atoms with Crippen molar-refractivity contribution in [3.05, 3.63) is 95.5 Å². The Morgan fingerprint density at radius 1 is 0.900 bits per heavy atom. The molecule has 0 aliphatic heterocycles. The van der Waals surface area contributed by atoms with Gasteiger partial charge in [0.1, 0.15) is 6.54 Å². The molecular formula is C23H23ClN2O3S. The number of benzene rings is 3. The SMILES string of the molecule is O=C(CN(c1cccc(Cl)c1)S(=O)(=O)c1ccccc1)NCCCc1ccccc1. The van der Waals surface area contributed by atoms with Gasteiger partial charge in [0, 0.05) is 11.6 Å². The van der Waals surface area contributed by atoms with E-state index in [0.717, 1.165) is 17.1 Å². The van der Waals surface area contributed by atoms with E-state index >= 15 is 0 Å². The van der Waals surface area contributed by atoms with Gasteiger partial charge in [-0.2, -0.15) is 0 Å². The average Bonchev–Trinajstić information content (AvgIpc) is 2.76. The normalized spacial score (nSPS) is 11.1. The molecule has 1 N–H and O–H groups in total. The monoisotopic (exact) mass is 442 g/mol. The van der Waals surface area contributed by atoms with Crippen LogP contribution in [-0.2, 0) is 21.2 Å². The van der Waals surface area contributed by atoms with Gasteiger partial charge in [0.2, 0.25) is 5.91 Å². The van der Waals surface area contributed by atoms with Crippen LogP contribution in [0.4, 0.5) is 5.69 Å². The molecule has 0 saturated heterocycles. The summed E-state index contributed by atoms with van der Waals surface area (Å²) >= 11 is 6.06. The molecule has 156 valence electrons. The molecule has 0 spiro atoms. The molecule has 0 radical (unpaired) electrons. The standard InChI is InChI=1S/C23H23ClN2O3S/c24-20-12-7-13-21(17-20)26(30(28,29)22-14-5-2-6-15-22)18-23(27)25-16-8-11-19-9-3-1-4-10-19/h1-7,9-10,12-15,17H,8,11,16,18H2,(H,25,27). The summed E-state index contributed by atoms with van der Waals surface area (Å²) in [6, 6.07) is 24.5. The number of hydrogen-bond acceptors (Lipinski definition) is 3. The third-order valence-corrected chi connectivity index (χ3v) is 6.54. The number of rotatable bonds is 9. The van der Waals surface area contributed by atoms with Crippen LogP contribution in [0.2, 0.25) is 5.02 Å². The topological polar surface area (TPSA) is 66.5 Å². The molecule has 30 heavy (non-hydrogen) atoms. The highest BCUT2D eigenvalue weighted by Crippen LogP contribution is 2.25. The molecule has 1 amide bonds. The van der Waals surface area contributed by atoms with Gasteiger partial charge >= 0.3 is 0 Å². The molecule has 5 nitrogen and oxygen atoms in total. The minimum Gasteiger partial charge on any atom is -0.355 e. The van der Waals surface area contributed by atoms with Gasteiger partial charge < -0.3 is 5.32 Å². The lowest BCUT2D eigenvalue weighted by Gasteiger charge is -2.24. The zero-order valence-corrected chi connectivity index (χ0v) is 17.9. The number of hydrogen-bond donors (Lipinski definition) is 1. The third kappa shape index (κ3) is 5.84. The number of nitrogens with zero attached hydrogens (tertiary/aromatic N) is 1. The van der Waals surface area contributed by atoms with Crippen molar-refractivity contribution in [2.24, 2.45) is 0 Å². The molecule has 0 aliphatic carbocycles. The van der Waals surface area contributed by atoms with Crippen molar-refractivity contribution >= 4 is 33.2 Å². The van der Waals surface area contributed by atoms with Gasteiger partial charge in [0.05, 0.1) is 10.6 Å². The number of aryl methyl sites for hydroxylation is 1. The zero-order valence-electron chi connectivity index (χ0n) is 16.4. The first kappa shape index (κ1) is 21.9. The van der Waals surface area contributed by atoms with Gasteiger partial charge in [0.15, 0.2) is 0 Å². The summed E-state index contributed by atoms with van der Waals surface area (Å²) < 4.78 is 27.5. The van der Waals surface area contributed by atoms with Crippen LogP contribution in [0.15, 0.2) is 89.8 Å². The summed E-state index contributed by atoms with van der Waals surface area (Å²) in [6.07, 6.45) is 1.60. The van der Waals surface area contributed by atoms with E-state index in [4.69, 9.17) is 11.6 Å². The van der Waals surface area contributed by atoms with Crippen molar-refractivity contribution in [1.82, 2.24) is 5.32 Å². The van der Waals surface area contributed by atoms with Crippen molar-refractivity contribution in [3.63, 3.8) is 0 Å². The molecule has 0 heterocycles. The van der Waals surface area contributed by atoms with Gasteiger partial charge in [0.25, 0.3) is 10.0 Å². The van der Waals surface area contributed by atoms with E-state index in [-0.39, 0.29) is 17.3 Å². The Bertz CT molecular complexity index is 1070. The number of sulfonamides is 1. The van der Waals surface area contributed by atoms with E-state index in [1.54, 1.807) is 36.4 Å². The van der Waals surface area contributed by atoms with Crippen LogP contribution >= 0.6 is 11.6 Å². The van der Waals surface area contributed by atoms with E-state index in [1.165, 1.54) is 23.8 Å². The fourth-order valence-corrected chi connectivity index (χ4v) is 4.64. The molecular weight excluding hydrogens is 420 g/mol. The van der Waals surface area contributed by atoms with Crippen LogP contribution < -0.4 is 9.62 Å². The van der Waals surface area contributed by atoms with Crippen LogP contribution in [0, 0.1) is 0 Å². The summed E-state index contributed by atoms with van der Waals surface area (Å²) in [5.41, 5.74) is 1.53. The van der Waals surface area contributed by atoms with Crippen LogP contribution in [0.1, 0.15) is 12.0 Å². The molecule has 3 rings (SSSR count). The van der Waals surface area contributed by atoms with Gasteiger partial charge in [-0.3, -0.25) is 9.10 Å². The second-order valence-electron chi connectivity index (χ2n) is 6.74. The molecule has 0 aromatic heterocycles. The number of anilines is 1. The second-order valence-corrected chi connectivity index (χ2v) is 9.04. The molecule has 3 aromatic carbocycles. The van der Waals surface area contributed by atoms with Crippen molar-refractivity contribution in [1.29, 1.82) is 0 Å². The van der Waals surface area contributed by atoms with E-state index in [0.29, 0.717) is 17.3 Å². The van der Waals surface area contributed by atoms with E-state index in [1.807, 2.05) is 30.3 Å². The highest BCUT2D eigenvalue weighted by Gasteiger charge is 2.27. The number of halogens is 1. The Morgan fingerprint density at radius 2 is 1.57 bits per heavy atom. The summed E-state index contributed by atoms with van der Waals surface area (Å²) in [4.78, 5) is 12.7. The number of carbonyl (C=O) groups is 1. The third-order valence-electron chi connectivity index (χ3n) is 4.52. The predicted molar refractivity (Wildman–Crippen MR) is 120 cm³/mol. The molecule has 0 atom stereocenters. The maximum atomic E-state index is 13.2. The lowest BCUT2D eigenvalue weighted by Crippen LogP contribution is -2.41. The first-order valence-corrected chi connectivity index (χ1v) is 11.4. The maximum absolute atomic E-state index is 13.2. The van der Waals surface area contributed by atoms with Gasteiger partial charge in [-0.1, -0.05) is 66.2 Å². The first-order valence-electron chi connectivity index (χ1n) is 9.61. The second kappa shape index (κ2) is 10.3. The van der Waals surface area contributed by atoms with Crippen molar-refractivity contribution in [2.45, 2.75) is 17.7 Å². The molecule has 0 bridgehead atoms. The fourth-order valence-electron chi connectivity index (χ4n) is 3.02. The average molecular weight is 443 g/mol. The quantitative estimate of drug-likeness (QED) is 0.503. The van der Waals surface area contributed by atoms with Crippen molar-refractivity contribution in [3.8, 4) is 0 Å². The lowest BCUT2D eigenvalue weighted by molar-refractivity contribution is -0.119. The highest BCUT2D eigenvalue weighted by atomic mass is 35.5. The van der Waals surface area contributed by atoms with Crippen LogP contribution in [0.5, 0.6) is 0 Å². The van der Waals surface area contributed by atoms with Gasteiger partial charge in [-0.05, 0) is 48.7 Å². The highest BCUT2D eigenvalue weighted by molar-refractivity contribution is 7.92. The molecule has 3 aromatic rings. The smallest absolute Gasteiger partial charge is 0.264 e. The van der Waals surface area contributed by atoms with E-state index in [2.05, 4.69) is 5.32 Å². The summed E-state index contributed by atoms with van der Waals surface area (Å²) in [7, 11) is -3.93. The minimum absolute atomic E-state index is 0.113. The zero-order chi connectivity index (χ0) is 21.4.